The monoisotopic (exact) mass is 335 g/mol. The zero-order valence-electron chi connectivity index (χ0n) is 15.3. The quantitative estimate of drug-likeness (QED) is 0.731. The summed E-state index contributed by atoms with van der Waals surface area (Å²) in [5, 5.41) is 0. The molecule has 0 aliphatic heterocycles. The highest BCUT2D eigenvalue weighted by Crippen LogP contribution is 2.39. The number of ether oxygens (including phenoxy) is 2. The van der Waals surface area contributed by atoms with Gasteiger partial charge in [0.2, 0.25) is 0 Å². The maximum Gasteiger partial charge on any atom is 0.119 e. The molecule has 0 radical (unpaired) electrons. The Morgan fingerprint density at radius 3 is 1.96 bits per heavy atom. The maximum absolute atomic E-state index is 5.36. The van der Waals surface area contributed by atoms with E-state index in [-0.39, 0.29) is 5.54 Å². The van der Waals surface area contributed by atoms with Crippen molar-refractivity contribution in [1.82, 2.24) is 0 Å². The SMILES string of the molecule is COC1=CCC(C)(N(c2ccc(C)cc2)c2ccc(OC)cc2)C=C1. The van der Waals surface area contributed by atoms with E-state index in [2.05, 4.69) is 67.3 Å². The van der Waals surface area contributed by atoms with Gasteiger partial charge < -0.3 is 14.4 Å². The predicted octanol–water partition coefficient (Wildman–Crippen LogP) is 5.39. The van der Waals surface area contributed by atoms with Crippen molar-refractivity contribution in [3.63, 3.8) is 0 Å². The van der Waals surface area contributed by atoms with E-state index >= 15 is 0 Å². The molecule has 0 N–H and O–H groups in total. The highest BCUT2D eigenvalue weighted by Gasteiger charge is 2.32. The fourth-order valence-corrected chi connectivity index (χ4v) is 3.19. The summed E-state index contributed by atoms with van der Waals surface area (Å²) in [6.45, 7) is 4.36. The van der Waals surface area contributed by atoms with E-state index in [9.17, 15) is 0 Å². The summed E-state index contributed by atoms with van der Waals surface area (Å²) in [5.41, 5.74) is 3.37. The first-order chi connectivity index (χ1) is 12.1. The largest absolute Gasteiger partial charge is 0.497 e. The fourth-order valence-electron chi connectivity index (χ4n) is 3.19. The molecule has 0 fully saturated rings. The van der Waals surface area contributed by atoms with E-state index in [1.165, 1.54) is 5.56 Å². The van der Waals surface area contributed by atoms with Crippen molar-refractivity contribution in [2.75, 3.05) is 19.1 Å². The van der Waals surface area contributed by atoms with Crippen molar-refractivity contribution in [3.8, 4) is 5.75 Å². The van der Waals surface area contributed by atoms with Gasteiger partial charge in [0.15, 0.2) is 0 Å². The Morgan fingerprint density at radius 1 is 0.880 bits per heavy atom. The zero-order valence-corrected chi connectivity index (χ0v) is 15.3. The Kier molecular flexibility index (Phi) is 4.84. The number of methoxy groups -OCH3 is 2. The molecule has 1 atom stereocenters. The van der Waals surface area contributed by atoms with Gasteiger partial charge in [-0.2, -0.15) is 0 Å². The molecule has 0 bridgehead atoms. The smallest absolute Gasteiger partial charge is 0.119 e. The van der Waals surface area contributed by atoms with Crippen LogP contribution in [-0.2, 0) is 4.74 Å². The lowest BCUT2D eigenvalue weighted by molar-refractivity contribution is 0.300. The van der Waals surface area contributed by atoms with Crippen LogP contribution >= 0.6 is 0 Å². The standard InChI is InChI=1S/C22H25NO2/c1-17-5-7-18(8-6-17)23(19-9-11-20(24-3)12-10-19)22(2)15-13-21(25-4)14-16-22/h5-15H,16H2,1-4H3. The van der Waals surface area contributed by atoms with Crippen LogP contribution in [0.5, 0.6) is 5.75 Å². The molecule has 1 unspecified atom stereocenters. The number of aryl methyl sites for hydroxylation is 1. The van der Waals surface area contributed by atoms with Gasteiger partial charge in [-0.1, -0.05) is 23.8 Å². The summed E-state index contributed by atoms with van der Waals surface area (Å²) in [7, 11) is 3.40. The first-order valence-electron chi connectivity index (χ1n) is 8.50. The van der Waals surface area contributed by atoms with Crippen LogP contribution in [0.2, 0.25) is 0 Å². The molecule has 0 heterocycles. The van der Waals surface area contributed by atoms with Crippen LogP contribution in [0.1, 0.15) is 18.9 Å². The van der Waals surface area contributed by atoms with Gasteiger partial charge in [0.1, 0.15) is 11.5 Å². The van der Waals surface area contributed by atoms with Gasteiger partial charge in [0.05, 0.1) is 19.8 Å². The van der Waals surface area contributed by atoms with Gasteiger partial charge in [-0.05, 0) is 68.8 Å². The molecule has 3 rings (SSSR count). The zero-order chi connectivity index (χ0) is 17.9. The summed E-state index contributed by atoms with van der Waals surface area (Å²) in [6, 6.07) is 16.9. The van der Waals surface area contributed by atoms with E-state index in [0.29, 0.717) is 0 Å². The average Bonchev–Trinajstić information content (AvgIpc) is 2.65. The Labute approximate surface area is 150 Å². The van der Waals surface area contributed by atoms with Crippen LogP contribution in [0.3, 0.4) is 0 Å². The third-order valence-electron chi connectivity index (χ3n) is 4.69. The first kappa shape index (κ1) is 17.2. The topological polar surface area (TPSA) is 21.7 Å². The Morgan fingerprint density at radius 2 is 1.48 bits per heavy atom. The summed E-state index contributed by atoms with van der Waals surface area (Å²) in [4.78, 5) is 2.37. The third-order valence-corrected chi connectivity index (χ3v) is 4.69. The Balaban J connectivity index is 2.04. The lowest BCUT2D eigenvalue weighted by atomic mass is 9.89. The second-order valence-electron chi connectivity index (χ2n) is 6.57. The maximum atomic E-state index is 5.36. The van der Waals surface area contributed by atoms with E-state index in [1.54, 1.807) is 14.2 Å². The van der Waals surface area contributed by atoms with Crippen LogP contribution in [0.25, 0.3) is 0 Å². The van der Waals surface area contributed by atoms with Crippen molar-refractivity contribution in [2.45, 2.75) is 25.8 Å². The van der Waals surface area contributed by atoms with Crippen molar-refractivity contribution < 1.29 is 9.47 Å². The van der Waals surface area contributed by atoms with Gasteiger partial charge in [-0.3, -0.25) is 0 Å². The number of anilines is 2. The van der Waals surface area contributed by atoms with Crippen LogP contribution < -0.4 is 9.64 Å². The second kappa shape index (κ2) is 7.06. The number of nitrogens with zero attached hydrogens (tertiary/aromatic N) is 1. The van der Waals surface area contributed by atoms with Crippen LogP contribution in [0.4, 0.5) is 11.4 Å². The Bertz CT molecular complexity index is 775. The van der Waals surface area contributed by atoms with Gasteiger partial charge in [-0.15, -0.1) is 0 Å². The lowest BCUT2D eigenvalue weighted by Crippen LogP contribution is -2.42. The molecule has 2 aromatic carbocycles. The molecular formula is C22H25NO2. The summed E-state index contributed by atoms with van der Waals surface area (Å²) in [5.74, 6) is 1.77. The minimum absolute atomic E-state index is 0.175. The fraction of sp³-hybridized carbons (Fsp3) is 0.273. The molecule has 3 heteroatoms. The summed E-state index contributed by atoms with van der Waals surface area (Å²) < 4.78 is 10.7. The normalized spacial score (nSPS) is 19.3. The van der Waals surface area contributed by atoms with Gasteiger partial charge in [0, 0.05) is 11.4 Å². The highest BCUT2D eigenvalue weighted by atomic mass is 16.5. The van der Waals surface area contributed by atoms with Crippen LogP contribution in [0.15, 0.2) is 72.5 Å². The van der Waals surface area contributed by atoms with Gasteiger partial charge in [-0.25, -0.2) is 0 Å². The summed E-state index contributed by atoms with van der Waals surface area (Å²) >= 11 is 0. The van der Waals surface area contributed by atoms with E-state index < -0.39 is 0 Å². The average molecular weight is 335 g/mol. The molecule has 0 saturated carbocycles. The van der Waals surface area contributed by atoms with Crippen molar-refractivity contribution in [3.05, 3.63) is 78.1 Å². The molecule has 0 aromatic heterocycles. The van der Waals surface area contributed by atoms with E-state index in [4.69, 9.17) is 9.47 Å². The van der Waals surface area contributed by atoms with E-state index in [0.717, 1.165) is 29.3 Å². The van der Waals surface area contributed by atoms with Crippen LogP contribution in [0, 0.1) is 6.92 Å². The molecule has 1 aliphatic rings. The highest BCUT2D eigenvalue weighted by molar-refractivity contribution is 5.68. The number of hydrogen-bond acceptors (Lipinski definition) is 3. The lowest BCUT2D eigenvalue weighted by Gasteiger charge is -2.42. The Hall–Kier alpha value is -2.68. The number of allylic oxidation sites excluding steroid dienone is 1. The number of hydrogen-bond donors (Lipinski definition) is 0. The van der Waals surface area contributed by atoms with Crippen LogP contribution in [-0.4, -0.2) is 19.8 Å². The molecule has 0 saturated heterocycles. The third kappa shape index (κ3) is 3.55. The van der Waals surface area contributed by atoms with Gasteiger partial charge in [0.25, 0.3) is 0 Å². The van der Waals surface area contributed by atoms with Crippen molar-refractivity contribution >= 4 is 11.4 Å². The molecule has 3 nitrogen and oxygen atoms in total. The first-order valence-corrected chi connectivity index (χ1v) is 8.50. The molecule has 25 heavy (non-hydrogen) atoms. The molecule has 1 aliphatic carbocycles. The summed E-state index contributed by atoms with van der Waals surface area (Å²) in [6.07, 6.45) is 7.28. The predicted molar refractivity (Wildman–Crippen MR) is 104 cm³/mol. The van der Waals surface area contributed by atoms with Crippen molar-refractivity contribution in [1.29, 1.82) is 0 Å². The number of rotatable bonds is 5. The molecular weight excluding hydrogens is 310 g/mol. The minimum Gasteiger partial charge on any atom is -0.497 e. The van der Waals surface area contributed by atoms with Gasteiger partial charge >= 0.3 is 0 Å². The minimum atomic E-state index is -0.175. The van der Waals surface area contributed by atoms with Crippen molar-refractivity contribution in [2.24, 2.45) is 0 Å². The molecule has 0 amide bonds. The molecule has 0 spiro atoms. The number of benzene rings is 2. The molecule has 2 aromatic rings. The second-order valence-corrected chi connectivity index (χ2v) is 6.57. The van der Waals surface area contributed by atoms with E-state index in [1.807, 2.05) is 18.2 Å². The molecule has 130 valence electrons.